The molecule has 0 spiro atoms. The highest BCUT2D eigenvalue weighted by Crippen LogP contribution is 2.46. The Morgan fingerprint density at radius 2 is 0.937 bits per heavy atom. The van der Waals surface area contributed by atoms with Crippen LogP contribution in [-0.4, -0.2) is 19.5 Å². The molecule has 0 fully saturated rings. The molecule has 0 radical (unpaired) electrons. The molecule has 6 heteroatoms. The van der Waals surface area contributed by atoms with Gasteiger partial charge in [-0.05, 0) is 64.7 Å². The molecule has 0 saturated heterocycles. The number of thiophene rings is 1. The summed E-state index contributed by atoms with van der Waals surface area (Å²) in [4.78, 5) is 15.4. The third kappa shape index (κ3) is 5.73. The van der Waals surface area contributed by atoms with E-state index in [1.165, 1.54) is 53.2 Å². The Kier molecular flexibility index (Phi) is 8.01. The van der Waals surface area contributed by atoms with Gasteiger partial charge in [-0.1, -0.05) is 164 Å². The molecule has 0 amide bonds. The summed E-state index contributed by atoms with van der Waals surface area (Å²) >= 11 is 1.86. The van der Waals surface area contributed by atoms with Gasteiger partial charge in [0.1, 0.15) is 11.2 Å². The molecule has 0 N–H and O–H groups in total. The Bertz CT molecular complexity index is 3850. The van der Waals surface area contributed by atoms with Crippen LogP contribution in [0.4, 0.5) is 0 Å². The number of benzene rings is 9. The summed E-state index contributed by atoms with van der Waals surface area (Å²) in [5.41, 5.74) is 12.5. The van der Waals surface area contributed by atoms with E-state index in [-0.39, 0.29) is 0 Å². The Morgan fingerprint density at radius 3 is 1.67 bits per heavy atom. The quantitative estimate of drug-likeness (QED) is 0.168. The molecular formula is C57H34N4OS. The second-order valence-electron chi connectivity index (χ2n) is 15.9. The smallest absolute Gasteiger partial charge is 0.164 e. The van der Waals surface area contributed by atoms with Crippen LogP contribution in [0.3, 0.4) is 0 Å². The van der Waals surface area contributed by atoms with Crippen molar-refractivity contribution < 1.29 is 4.42 Å². The van der Waals surface area contributed by atoms with Gasteiger partial charge in [0.05, 0.1) is 21.4 Å². The van der Waals surface area contributed by atoms with E-state index in [1.54, 1.807) is 0 Å². The molecular weight excluding hydrogens is 789 g/mol. The topological polar surface area (TPSA) is 56.7 Å². The molecule has 294 valence electrons. The molecule has 0 unspecified atom stereocenters. The highest BCUT2D eigenvalue weighted by atomic mass is 32.1. The summed E-state index contributed by atoms with van der Waals surface area (Å²) in [5, 5.41) is 6.97. The predicted octanol–water partition coefficient (Wildman–Crippen LogP) is 15.6. The van der Waals surface area contributed by atoms with Gasteiger partial charge in [0.2, 0.25) is 0 Å². The molecule has 13 rings (SSSR count). The highest BCUT2D eigenvalue weighted by Gasteiger charge is 2.22. The zero-order valence-electron chi connectivity index (χ0n) is 33.7. The summed E-state index contributed by atoms with van der Waals surface area (Å²) < 4.78 is 11.6. The van der Waals surface area contributed by atoms with Crippen LogP contribution in [0.15, 0.2) is 211 Å². The monoisotopic (exact) mass is 822 g/mol. The van der Waals surface area contributed by atoms with Crippen molar-refractivity contribution in [1.82, 2.24) is 19.5 Å². The van der Waals surface area contributed by atoms with Gasteiger partial charge in [-0.25, -0.2) is 15.0 Å². The lowest BCUT2D eigenvalue weighted by atomic mass is 9.96. The summed E-state index contributed by atoms with van der Waals surface area (Å²) in [6, 6.07) is 72.6. The van der Waals surface area contributed by atoms with Gasteiger partial charge in [-0.2, -0.15) is 0 Å². The van der Waals surface area contributed by atoms with Crippen molar-refractivity contribution in [2.75, 3.05) is 0 Å². The van der Waals surface area contributed by atoms with Crippen LogP contribution in [0.1, 0.15) is 0 Å². The van der Waals surface area contributed by atoms with Crippen LogP contribution in [0.25, 0.3) is 126 Å². The van der Waals surface area contributed by atoms with E-state index in [1.807, 2.05) is 59.9 Å². The number of rotatable bonds is 6. The summed E-state index contributed by atoms with van der Waals surface area (Å²) in [7, 11) is 0. The van der Waals surface area contributed by atoms with Crippen LogP contribution in [0.5, 0.6) is 0 Å². The first-order valence-corrected chi connectivity index (χ1v) is 21.9. The summed E-state index contributed by atoms with van der Waals surface area (Å²) in [5.74, 6) is 1.81. The first-order chi connectivity index (χ1) is 31.2. The van der Waals surface area contributed by atoms with Gasteiger partial charge < -0.3 is 8.98 Å². The molecule has 5 nitrogen and oxygen atoms in total. The fraction of sp³-hybridized carbons (Fsp3) is 0. The van der Waals surface area contributed by atoms with Crippen molar-refractivity contribution in [2.24, 2.45) is 0 Å². The van der Waals surface area contributed by atoms with Gasteiger partial charge in [-0.3, -0.25) is 0 Å². The van der Waals surface area contributed by atoms with E-state index >= 15 is 0 Å². The van der Waals surface area contributed by atoms with Gasteiger partial charge in [-0.15, -0.1) is 11.3 Å². The zero-order valence-corrected chi connectivity index (χ0v) is 34.6. The maximum atomic E-state index is 6.61. The fourth-order valence-corrected chi connectivity index (χ4v) is 10.6. The number of hydrogen-bond acceptors (Lipinski definition) is 5. The average molecular weight is 823 g/mol. The van der Waals surface area contributed by atoms with Crippen molar-refractivity contribution in [2.45, 2.75) is 0 Å². The molecule has 0 aliphatic heterocycles. The van der Waals surface area contributed by atoms with Crippen molar-refractivity contribution in [3.63, 3.8) is 0 Å². The van der Waals surface area contributed by atoms with E-state index in [2.05, 4.69) is 162 Å². The van der Waals surface area contributed by atoms with Crippen molar-refractivity contribution in [1.29, 1.82) is 0 Å². The lowest BCUT2D eigenvalue weighted by molar-refractivity contribution is 0.669. The number of furan rings is 1. The van der Waals surface area contributed by atoms with E-state index < -0.39 is 0 Å². The minimum absolute atomic E-state index is 0.589. The van der Waals surface area contributed by atoms with Crippen LogP contribution >= 0.6 is 11.3 Å². The standard InChI is InChI=1S/C57H34N4OS/c1-3-14-35(15-4-1)36-26-28-38(29-27-36)56-58-55(37-16-5-2-6-17-37)59-57(60-56)44-21-13-24-50-52(44)45-34-39(30-33-49(45)62-50)40-31-32-48(54-53(40)43-20-9-12-25-51(43)63-54)61-46-22-10-7-18-41(46)42-19-8-11-23-47(42)61/h1-34H. The van der Waals surface area contributed by atoms with E-state index in [9.17, 15) is 0 Å². The largest absolute Gasteiger partial charge is 0.456 e. The molecule has 13 aromatic rings. The van der Waals surface area contributed by atoms with Crippen LogP contribution in [-0.2, 0) is 0 Å². The van der Waals surface area contributed by atoms with Crippen LogP contribution in [0, 0.1) is 0 Å². The van der Waals surface area contributed by atoms with Crippen LogP contribution in [0.2, 0.25) is 0 Å². The molecule has 63 heavy (non-hydrogen) atoms. The van der Waals surface area contributed by atoms with Gasteiger partial charge in [0, 0.05) is 53.7 Å². The van der Waals surface area contributed by atoms with E-state index in [4.69, 9.17) is 19.4 Å². The maximum absolute atomic E-state index is 6.61. The second-order valence-corrected chi connectivity index (χ2v) is 17.0. The first-order valence-electron chi connectivity index (χ1n) is 21.1. The lowest BCUT2D eigenvalue weighted by Crippen LogP contribution is -2.00. The van der Waals surface area contributed by atoms with Crippen molar-refractivity contribution >= 4 is 75.3 Å². The molecule has 0 atom stereocenters. The maximum Gasteiger partial charge on any atom is 0.164 e. The molecule has 0 bridgehead atoms. The molecule has 4 heterocycles. The highest BCUT2D eigenvalue weighted by molar-refractivity contribution is 7.26. The van der Waals surface area contributed by atoms with Crippen molar-refractivity contribution in [3.8, 4) is 62.1 Å². The third-order valence-corrected chi connectivity index (χ3v) is 13.5. The average Bonchev–Trinajstić information content (AvgIpc) is 4.04. The number of para-hydroxylation sites is 2. The Morgan fingerprint density at radius 1 is 0.365 bits per heavy atom. The third-order valence-electron chi connectivity index (χ3n) is 12.3. The van der Waals surface area contributed by atoms with Gasteiger partial charge in [0.25, 0.3) is 0 Å². The van der Waals surface area contributed by atoms with E-state index in [0.29, 0.717) is 17.5 Å². The SMILES string of the molecule is c1ccc(-c2ccc(-c3nc(-c4ccccc4)nc(-c4cccc5oc6ccc(-c7ccc(-n8c9ccccc9c9ccccc98)c8sc9ccccc9c78)cc6c45)n3)cc2)cc1. The minimum Gasteiger partial charge on any atom is -0.456 e. The molecule has 9 aromatic carbocycles. The molecule has 0 saturated carbocycles. The normalized spacial score (nSPS) is 11.8. The lowest BCUT2D eigenvalue weighted by Gasteiger charge is -2.13. The van der Waals surface area contributed by atoms with Crippen molar-refractivity contribution in [3.05, 3.63) is 206 Å². The Labute approximate surface area is 365 Å². The molecule has 0 aliphatic carbocycles. The predicted molar refractivity (Wildman–Crippen MR) is 262 cm³/mol. The summed E-state index contributed by atoms with van der Waals surface area (Å²) in [6.07, 6.45) is 0. The van der Waals surface area contributed by atoms with E-state index in [0.717, 1.165) is 55.3 Å². The number of hydrogen-bond donors (Lipinski definition) is 0. The van der Waals surface area contributed by atoms with Gasteiger partial charge >= 0.3 is 0 Å². The zero-order chi connectivity index (χ0) is 41.4. The fourth-order valence-electron chi connectivity index (χ4n) is 9.38. The number of aromatic nitrogens is 4. The molecule has 4 aromatic heterocycles. The number of nitrogens with zero attached hydrogens (tertiary/aromatic N) is 4. The minimum atomic E-state index is 0.589. The first kappa shape index (κ1) is 35.6. The van der Waals surface area contributed by atoms with Gasteiger partial charge in [0.15, 0.2) is 17.5 Å². The Hall–Kier alpha value is -8.19. The Balaban J connectivity index is 1.00. The number of fused-ring (bicyclic) bond motifs is 9. The second kappa shape index (κ2) is 14.2. The molecule has 0 aliphatic rings. The summed E-state index contributed by atoms with van der Waals surface area (Å²) in [6.45, 7) is 0. The van der Waals surface area contributed by atoms with Crippen LogP contribution < -0.4 is 0 Å².